The van der Waals surface area contributed by atoms with E-state index in [1.165, 1.54) is 0 Å². The van der Waals surface area contributed by atoms with Crippen LogP contribution in [0.1, 0.15) is 0 Å². The highest BCUT2D eigenvalue weighted by atomic mass is 15.3. The lowest BCUT2D eigenvalue weighted by molar-refractivity contribution is 0.900. The molecule has 0 unspecified atom stereocenters. The lowest BCUT2D eigenvalue weighted by Crippen LogP contribution is -2.15. The molecule has 0 bridgehead atoms. The van der Waals surface area contributed by atoms with Crippen molar-refractivity contribution in [2.75, 3.05) is 5.73 Å². The van der Waals surface area contributed by atoms with Gasteiger partial charge in [-0.3, -0.25) is 9.81 Å². The third-order valence-corrected chi connectivity index (χ3v) is 3.44. The van der Waals surface area contributed by atoms with E-state index in [-0.39, 0.29) is 5.49 Å². The number of benzene rings is 1. The SMILES string of the molecule is N=c1c2c(N)n(-c3ccccc3)nc2nc2ccccn12. The van der Waals surface area contributed by atoms with Crippen LogP contribution in [0, 0.1) is 5.41 Å². The minimum atomic E-state index is 0.287. The van der Waals surface area contributed by atoms with Crippen LogP contribution >= 0.6 is 0 Å². The topological polar surface area (TPSA) is 85.0 Å². The second kappa shape index (κ2) is 4.17. The number of hydrogen-bond donors (Lipinski definition) is 2. The molecule has 0 aliphatic heterocycles. The van der Waals surface area contributed by atoms with Crippen LogP contribution in [0.15, 0.2) is 54.7 Å². The number of para-hydroxylation sites is 1. The fourth-order valence-corrected chi connectivity index (χ4v) is 2.43. The van der Waals surface area contributed by atoms with Gasteiger partial charge in [-0.25, -0.2) is 9.67 Å². The van der Waals surface area contributed by atoms with Gasteiger partial charge in [-0.2, -0.15) is 0 Å². The van der Waals surface area contributed by atoms with Crippen LogP contribution in [-0.4, -0.2) is 19.2 Å². The van der Waals surface area contributed by atoms with Gasteiger partial charge in [-0.15, -0.1) is 5.10 Å². The van der Waals surface area contributed by atoms with Crippen molar-refractivity contribution in [3.05, 3.63) is 60.2 Å². The summed E-state index contributed by atoms with van der Waals surface area (Å²) in [7, 11) is 0. The van der Waals surface area contributed by atoms with Crippen LogP contribution in [-0.2, 0) is 0 Å². The first-order chi connectivity index (χ1) is 10.3. The zero-order valence-corrected chi connectivity index (χ0v) is 11.1. The first-order valence-corrected chi connectivity index (χ1v) is 6.51. The summed E-state index contributed by atoms with van der Waals surface area (Å²) in [6, 6.07) is 15.2. The average molecular weight is 276 g/mol. The Balaban J connectivity index is 2.14. The molecule has 3 N–H and O–H groups in total. The summed E-state index contributed by atoms with van der Waals surface area (Å²) in [5, 5.41) is 13.3. The van der Waals surface area contributed by atoms with Gasteiger partial charge in [0.1, 0.15) is 22.3 Å². The molecule has 0 aliphatic rings. The van der Waals surface area contributed by atoms with E-state index in [2.05, 4.69) is 10.1 Å². The molecule has 4 rings (SSSR count). The van der Waals surface area contributed by atoms with Gasteiger partial charge >= 0.3 is 0 Å². The monoisotopic (exact) mass is 276 g/mol. The number of aromatic nitrogens is 4. The summed E-state index contributed by atoms with van der Waals surface area (Å²) in [5.41, 5.74) is 8.48. The molecule has 0 fully saturated rings. The zero-order chi connectivity index (χ0) is 14.4. The van der Waals surface area contributed by atoms with E-state index in [1.54, 1.807) is 15.3 Å². The number of nitrogens with zero attached hydrogens (tertiary/aromatic N) is 4. The lowest BCUT2D eigenvalue weighted by Gasteiger charge is -2.02. The minimum absolute atomic E-state index is 0.287. The molecule has 6 nitrogen and oxygen atoms in total. The normalized spacial score (nSPS) is 11.2. The highest BCUT2D eigenvalue weighted by Crippen LogP contribution is 2.20. The number of hydrogen-bond acceptors (Lipinski definition) is 4. The van der Waals surface area contributed by atoms with E-state index in [0.29, 0.717) is 22.5 Å². The quantitative estimate of drug-likeness (QED) is 0.555. The molecule has 102 valence electrons. The Hall–Kier alpha value is -3.15. The Morgan fingerprint density at radius 1 is 1.00 bits per heavy atom. The number of rotatable bonds is 1. The number of fused-ring (bicyclic) bond motifs is 2. The van der Waals surface area contributed by atoms with Crippen LogP contribution in [0.25, 0.3) is 22.4 Å². The molecule has 0 saturated carbocycles. The van der Waals surface area contributed by atoms with Crippen LogP contribution in [0.2, 0.25) is 0 Å². The molecule has 0 saturated heterocycles. The molecule has 3 heterocycles. The molecule has 0 spiro atoms. The van der Waals surface area contributed by atoms with E-state index in [4.69, 9.17) is 11.1 Å². The minimum Gasteiger partial charge on any atom is -0.383 e. The van der Waals surface area contributed by atoms with Crippen LogP contribution in [0.3, 0.4) is 0 Å². The fourth-order valence-electron chi connectivity index (χ4n) is 2.43. The molecule has 0 aliphatic carbocycles. The molecule has 6 heteroatoms. The van der Waals surface area contributed by atoms with E-state index >= 15 is 0 Å². The summed E-state index contributed by atoms with van der Waals surface area (Å²) >= 11 is 0. The van der Waals surface area contributed by atoms with E-state index in [9.17, 15) is 0 Å². The second-order valence-electron chi connectivity index (χ2n) is 4.72. The summed E-state index contributed by atoms with van der Waals surface area (Å²) < 4.78 is 3.31. The highest BCUT2D eigenvalue weighted by molar-refractivity contribution is 5.87. The van der Waals surface area contributed by atoms with Gasteiger partial charge in [0.25, 0.3) is 0 Å². The van der Waals surface area contributed by atoms with Gasteiger partial charge < -0.3 is 5.73 Å². The molecule has 0 radical (unpaired) electrons. The zero-order valence-electron chi connectivity index (χ0n) is 11.1. The molecular formula is C15H12N6. The van der Waals surface area contributed by atoms with Crippen molar-refractivity contribution in [1.82, 2.24) is 19.2 Å². The largest absolute Gasteiger partial charge is 0.383 e. The van der Waals surface area contributed by atoms with Crippen molar-refractivity contribution in [3.8, 4) is 5.69 Å². The number of nitrogens with one attached hydrogen (secondary N) is 1. The van der Waals surface area contributed by atoms with E-state index in [1.807, 2.05) is 48.5 Å². The van der Waals surface area contributed by atoms with Gasteiger partial charge in [0.05, 0.1) is 5.69 Å². The molecular weight excluding hydrogens is 264 g/mol. The average Bonchev–Trinajstić information content (AvgIpc) is 2.85. The number of pyridine rings is 1. The second-order valence-corrected chi connectivity index (χ2v) is 4.72. The van der Waals surface area contributed by atoms with Crippen molar-refractivity contribution < 1.29 is 0 Å². The number of anilines is 1. The fraction of sp³-hybridized carbons (Fsp3) is 0. The maximum absolute atomic E-state index is 8.34. The summed E-state index contributed by atoms with van der Waals surface area (Å²) in [5.74, 6) is 0.423. The Labute approximate surface area is 119 Å². The maximum atomic E-state index is 8.34. The van der Waals surface area contributed by atoms with Crippen LogP contribution < -0.4 is 11.2 Å². The Morgan fingerprint density at radius 3 is 2.57 bits per heavy atom. The van der Waals surface area contributed by atoms with E-state index in [0.717, 1.165) is 5.69 Å². The summed E-state index contributed by atoms with van der Waals surface area (Å²) in [4.78, 5) is 4.48. The molecule has 0 atom stereocenters. The van der Waals surface area contributed by atoms with Crippen molar-refractivity contribution in [3.63, 3.8) is 0 Å². The lowest BCUT2D eigenvalue weighted by atomic mass is 10.3. The van der Waals surface area contributed by atoms with E-state index < -0.39 is 0 Å². The summed E-state index contributed by atoms with van der Waals surface area (Å²) in [6.07, 6.45) is 1.80. The number of nitrogens with two attached hydrogens (primary N) is 1. The molecule has 21 heavy (non-hydrogen) atoms. The predicted molar refractivity (Wildman–Crippen MR) is 80.1 cm³/mol. The molecule has 1 aromatic carbocycles. The Morgan fingerprint density at radius 2 is 1.76 bits per heavy atom. The van der Waals surface area contributed by atoms with Gasteiger partial charge in [-0.1, -0.05) is 24.3 Å². The van der Waals surface area contributed by atoms with Crippen molar-refractivity contribution in [2.45, 2.75) is 0 Å². The Bertz CT molecular complexity index is 1010. The van der Waals surface area contributed by atoms with Crippen LogP contribution in [0.5, 0.6) is 0 Å². The van der Waals surface area contributed by atoms with Crippen molar-refractivity contribution in [2.24, 2.45) is 0 Å². The smallest absolute Gasteiger partial charge is 0.189 e. The third kappa shape index (κ3) is 1.62. The maximum Gasteiger partial charge on any atom is 0.189 e. The van der Waals surface area contributed by atoms with Gasteiger partial charge in [0, 0.05) is 6.20 Å². The predicted octanol–water partition coefficient (Wildman–Crippen LogP) is 1.73. The van der Waals surface area contributed by atoms with Crippen LogP contribution in [0.4, 0.5) is 5.82 Å². The van der Waals surface area contributed by atoms with Gasteiger partial charge in [0.2, 0.25) is 0 Å². The molecule has 4 aromatic rings. The first-order valence-electron chi connectivity index (χ1n) is 6.51. The molecule has 3 aromatic heterocycles. The standard InChI is InChI=1S/C15H12N6/c16-13-12-14(17)21(10-6-2-1-3-7-10)19-15(12)18-11-8-4-5-9-20(11)13/h1-9,16H,17H2. The molecule has 0 amide bonds. The Kier molecular flexibility index (Phi) is 2.32. The summed E-state index contributed by atoms with van der Waals surface area (Å²) in [6.45, 7) is 0. The van der Waals surface area contributed by atoms with Gasteiger partial charge in [0.15, 0.2) is 5.65 Å². The van der Waals surface area contributed by atoms with Gasteiger partial charge in [-0.05, 0) is 24.3 Å². The highest BCUT2D eigenvalue weighted by Gasteiger charge is 2.14. The van der Waals surface area contributed by atoms with Crippen molar-refractivity contribution >= 4 is 22.5 Å². The van der Waals surface area contributed by atoms with Crippen molar-refractivity contribution in [1.29, 1.82) is 5.41 Å². The third-order valence-electron chi connectivity index (χ3n) is 3.44. The first kappa shape index (κ1) is 11.7. The number of nitrogen functional groups attached to an aromatic ring is 1.